The van der Waals surface area contributed by atoms with Gasteiger partial charge in [0.1, 0.15) is 0 Å². The maximum Gasteiger partial charge on any atom is 0.0575 e. The highest BCUT2D eigenvalue weighted by atomic mass is 16.3. The van der Waals surface area contributed by atoms with E-state index in [1.165, 1.54) is 0 Å². The van der Waals surface area contributed by atoms with Gasteiger partial charge in [-0.2, -0.15) is 5.10 Å². The van der Waals surface area contributed by atoms with Crippen LogP contribution in [0, 0.1) is 0 Å². The molecule has 0 unspecified atom stereocenters. The number of hydrogen-bond acceptors (Lipinski definition) is 3. The monoisotopic (exact) mass is 181 g/mol. The Balaban J connectivity index is 1.80. The van der Waals surface area contributed by atoms with Crippen LogP contribution in [-0.2, 0) is 6.54 Å². The fraction of sp³-hybridized carbons (Fsp3) is 0.667. The van der Waals surface area contributed by atoms with E-state index in [1.807, 2.05) is 16.9 Å². The number of nitrogens with two attached hydrogens (primary N) is 1. The maximum absolute atomic E-state index is 9.14. The molecule has 0 aromatic carbocycles. The smallest absolute Gasteiger partial charge is 0.0575 e. The predicted octanol–water partition coefficient (Wildman–Crippen LogP) is 0.125. The molecule has 3 N–H and O–H groups in total. The normalized spacial score (nSPS) is 32.9. The fourth-order valence-electron chi connectivity index (χ4n) is 1.85. The molecule has 1 aliphatic rings. The zero-order chi connectivity index (χ0) is 9.31. The molecule has 2 rings (SSSR count). The Morgan fingerprint density at radius 1 is 1.62 bits per heavy atom. The lowest BCUT2D eigenvalue weighted by Gasteiger charge is -2.42. The van der Waals surface area contributed by atoms with Crippen molar-refractivity contribution in [3.8, 4) is 0 Å². The summed E-state index contributed by atoms with van der Waals surface area (Å²) >= 11 is 0. The number of aromatic nitrogens is 2. The van der Waals surface area contributed by atoms with Gasteiger partial charge < -0.3 is 10.8 Å². The highest BCUT2D eigenvalue weighted by Crippen LogP contribution is 2.32. The average molecular weight is 181 g/mol. The Bertz CT molecular complexity index is 264. The molecule has 1 heterocycles. The standard InChI is InChI=1S/C9H15N3O/c10-9(6-8(13)7-9)2-5-12-4-1-3-11-12/h1,3-4,8,13H,2,5-7,10H2. The molecule has 72 valence electrons. The summed E-state index contributed by atoms with van der Waals surface area (Å²) < 4.78 is 1.87. The van der Waals surface area contributed by atoms with Crippen molar-refractivity contribution in [1.82, 2.24) is 9.78 Å². The number of hydrogen-bond donors (Lipinski definition) is 2. The number of aryl methyl sites for hydroxylation is 1. The van der Waals surface area contributed by atoms with Crippen molar-refractivity contribution < 1.29 is 5.11 Å². The molecule has 4 nitrogen and oxygen atoms in total. The molecule has 0 saturated heterocycles. The van der Waals surface area contributed by atoms with Gasteiger partial charge in [0.05, 0.1) is 6.10 Å². The topological polar surface area (TPSA) is 64.1 Å². The van der Waals surface area contributed by atoms with Crippen LogP contribution in [0.3, 0.4) is 0 Å². The minimum absolute atomic E-state index is 0.147. The van der Waals surface area contributed by atoms with Crippen LogP contribution in [0.15, 0.2) is 18.5 Å². The van der Waals surface area contributed by atoms with Crippen LogP contribution in [0.2, 0.25) is 0 Å². The van der Waals surface area contributed by atoms with E-state index in [2.05, 4.69) is 5.10 Å². The summed E-state index contributed by atoms with van der Waals surface area (Å²) in [6.45, 7) is 0.843. The Kier molecular flexibility index (Phi) is 2.09. The summed E-state index contributed by atoms with van der Waals surface area (Å²) in [5.74, 6) is 0. The number of nitrogens with zero attached hydrogens (tertiary/aromatic N) is 2. The summed E-state index contributed by atoms with van der Waals surface area (Å²) in [7, 11) is 0. The zero-order valence-electron chi connectivity index (χ0n) is 7.56. The molecular weight excluding hydrogens is 166 g/mol. The van der Waals surface area contributed by atoms with Gasteiger partial charge in [0.2, 0.25) is 0 Å². The van der Waals surface area contributed by atoms with E-state index in [9.17, 15) is 0 Å². The molecule has 1 saturated carbocycles. The minimum atomic E-state index is -0.178. The second-order valence-corrected chi connectivity index (χ2v) is 3.94. The second-order valence-electron chi connectivity index (χ2n) is 3.94. The molecule has 13 heavy (non-hydrogen) atoms. The molecule has 0 amide bonds. The van der Waals surface area contributed by atoms with Crippen LogP contribution in [-0.4, -0.2) is 26.5 Å². The highest BCUT2D eigenvalue weighted by Gasteiger charge is 2.39. The summed E-state index contributed by atoms with van der Waals surface area (Å²) in [4.78, 5) is 0. The van der Waals surface area contributed by atoms with Crippen molar-refractivity contribution in [1.29, 1.82) is 0 Å². The van der Waals surface area contributed by atoms with Crippen molar-refractivity contribution in [2.75, 3.05) is 0 Å². The van der Waals surface area contributed by atoms with Crippen LogP contribution in [0.5, 0.6) is 0 Å². The summed E-state index contributed by atoms with van der Waals surface area (Å²) in [5.41, 5.74) is 5.86. The minimum Gasteiger partial charge on any atom is -0.393 e. The van der Waals surface area contributed by atoms with E-state index < -0.39 is 0 Å². The lowest BCUT2D eigenvalue weighted by molar-refractivity contribution is 0.0163. The van der Waals surface area contributed by atoms with Gasteiger partial charge in [-0.15, -0.1) is 0 Å². The molecule has 0 bridgehead atoms. The third-order valence-electron chi connectivity index (χ3n) is 2.68. The van der Waals surface area contributed by atoms with Crippen LogP contribution in [0.4, 0.5) is 0 Å². The molecule has 1 aromatic rings. The fourth-order valence-corrected chi connectivity index (χ4v) is 1.85. The summed E-state index contributed by atoms with van der Waals surface area (Å²) in [6.07, 6.45) is 5.87. The van der Waals surface area contributed by atoms with E-state index in [0.717, 1.165) is 25.8 Å². The Labute approximate surface area is 77.4 Å². The van der Waals surface area contributed by atoms with E-state index >= 15 is 0 Å². The van der Waals surface area contributed by atoms with Gasteiger partial charge >= 0.3 is 0 Å². The lowest BCUT2D eigenvalue weighted by Crippen LogP contribution is -2.54. The highest BCUT2D eigenvalue weighted by molar-refractivity contribution is 4.98. The predicted molar refractivity (Wildman–Crippen MR) is 49.0 cm³/mol. The van der Waals surface area contributed by atoms with Gasteiger partial charge in [-0.25, -0.2) is 0 Å². The quantitative estimate of drug-likeness (QED) is 0.696. The van der Waals surface area contributed by atoms with Gasteiger partial charge in [-0.1, -0.05) is 0 Å². The second kappa shape index (κ2) is 3.12. The first kappa shape index (κ1) is 8.72. The van der Waals surface area contributed by atoms with E-state index in [1.54, 1.807) is 6.20 Å². The number of rotatable bonds is 3. The van der Waals surface area contributed by atoms with Crippen LogP contribution in [0.1, 0.15) is 19.3 Å². The summed E-state index contributed by atoms with van der Waals surface area (Å²) in [6, 6.07) is 1.90. The van der Waals surface area contributed by atoms with E-state index in [0.29, 0.717) is 0 Å². The van der Waals surface area contributed by atoms with Crippen LogP contribution < -0.4 is 5.73 Å². The molecule has 1 fully saturated rings. The Morgan fingerprint density at radius 2 is 2.38 bits per heavy atom. The molecule has 1 aromatic heterocycles. The SMILES string of the molecule is NC1(CCn2cccn2)CC(O)C1. The molecule has 0 radical (unpaired) electrons. The average Bonchev–Trinajstić information content (AvgIpc) is 2.50. The van der Waals surface area contributed by atoms with Gasteiger partial charge in [-0.3, -0.25) is 4.68 Å². The zero-order valence-corrected chi connectivity index (χ0v) is 7.56. The molecule has 4 heteroatoms. The van der Waals surface area contributed by atoms with Crippen LogP contribution >= 0.6 is 0 Å². The van der Waals surface area contributed by atoms with Crippen molar-refractivity contribution in [2.24, 2.45) is 5.73 Å². The van der Waals surface area contributed by atoms with Crippen molar-refractivity contribution in [2.45, 2.75) is 37.5 Å². The number of aliphatic hydroxyl groups is 1. The third kappa shape index (κ3) is 1.89. The van der Waals surface area contributed by atoms with Crippen molar-refractivity contribution >= 4 is 0 Å². The van der Waals surface area contributed by atoms with Gasteiger partial charge in [0.15, 0.2) is 0 Å². The summed E-state index contributed by atoms with van der Waals surface area (Å²) in [5, 5.41) is 13.2. The van der Waals surface area contributed by atoms with Gasteiger partial charge in [0, 0.05) is 24.5 Å². The van der Waals surface area contributed by atoms with E-state index in [-0.39, 0.29) is 11.6 Å². The van der Waals surface area contributed by atoms with Crippen LogP contribution in [0.25, 0.3) is 0 Å². The van der Waals surface area contributed by atoms with Gasteiger partial charge in [-0.05, 0) is 25.3 Å². The van der Waals surface area contributed by atoms with E-state index in [4.69, 9.17) is 10.8 Å². The molecule has 0 atom stereocenters. The third-order valence-corrected chi connectivity index (χ3v) is 2.68. The van der Waals surface area contributed by atoms with Gasteiger partial charge in [0.25, 0.3) is 0 Å². The first-order valence-electron chi connectivity index (χ1n) is 4.62. The first-order valence-corrected chi connectivity index (χ1v) is 4.62. The molecular formula is C9H15N3O. The first-order chi connectivity index (χ1) is 6.18. The Hall–Kier alpha value is -0.870. The molecule has 1 aliphatic carbocycles. The maximum atomic E-state index is 9.14. The molecule has 0 aliphatic heterocycles. The number of aliphatic hydroxyl groups excluding tert-OH is 1. The van der Waals surface area contributed by atoms with Crippen molar-refractivity contribution in [3.05, 3.63) is 18.5 Å². The van der Waals surface area contributed by atoms with Crippen molar-refractivity contribution in [3.63, 3.8) is 0 Å². The Morgan fingerprint density at radius 3 is 2.92 bits per heavy atom. The molecule has 0 spiro atoms. The largest absolute Gasteiger partial charge is 0.393 e. The lowest BCUT2D eigenvalue weighted by atomic mass is 9.73.